The van der Waals surface area contributed by atoms with Crippen LogP contribution in [0.2, 0.25) is 5.02 Å². The Kier molecular flexibility index (Phi) is 5.25. The minimum absolute atomic E-state index is 0.139. The van der Waals surface area contributed by atoms with E-state index in [1.54, 1.807) is 30.3 Å². The molecule has 3 N–H and O–H groups in total. The van der Waals surface area contributed by atoms with E-state index in [1.807, 2.05) is 30.3 Å². The van der Waals surface area contributed by atoms with Gasteiger partial charge in [-0.05, 0) is 73.4 Å². The van der Waals surface area contributed by atoms with Crippen molar-refractivity contribution in [3.05, 3.63) is 83.4 Å². The highest BCUT2D eigenvalue weighted by atomic mass is 35.5. The minimum atomic E-state index is -3.73. The normalized spacial score (nSPS) is 15.4. The first kappa shape index (κ1) is 19.8. The molecule has 0 unspecified atom stereocenters. The van der Waals surface area contributed by atoms with Crippen molar-refractivity contribution in [1.29, 1.82) is 0 Å². The molecule has 1 aliphatic carbocycles. The fraction of sp³-hybridized carbons (Fsp3) is 0.182. The van der Waals surface area contributed by atoms with Gasteiger partial charge in [0.05, 0.1) is 9.92 Å². The van der Waals surface area contributed by atoms with E-state index in [-0.39, 0.29) is 10.4 Å². The zero-order valence-corrected chi connectivity index (χ0v) is 17.2. The Balaban J connectivity index is 1.50. The molecule has 0 heterocycles. The van der Waals surface area contributed by atoms with Crippen molar-refractivity contribution in [2.75, 3.05) is 4.72 Å². The molecule has 150 valence electrons. The number of anilines is 1. The van der Waals surface area contributed by atoms with Gasteiger partial charge in [0.15, 0.2) is 0 Å². The largest absolute Gasteiger partial charge is 0.456 e. The summed E-state index contributed by atoms with van der Waals surface area (Å²) < 4.78 is 33.9. The Labute approximate surface area is 175 Å². The lowest BCUT2D eigenvalue weighted by Gasteiger charge is -2.38. The first-order valence-electron chi connectivity index (χ1n) is 9.30. The summed E-state index contributed by atoms with van der Waals surface area (Å²) in [4.78, 5) is 0.139. The monoisotopic (exact) mass is 428 g/mol. The molecule has 5 nitrogen and oxygen atoms in total. The van der Waals surface area contributed by atoms with E-state index in [2.05, 4.69) is 4.72 Å². The van der Waals surface area contributed by atoms with Gasteiger partial charge in [-0.1, -0.05) is 35.9 Å². The van der Waals surface area contributed by atoms with Crippen molar-refractivity contribution in [3.63, 3.8) is 0 Å². The van der Waals surface area contributed by atoms with E-state index < -0.39 is 10.0 Å². The van der Waals surface area contributed by atoms with Crippen LogP contribution in [0.3, 0.4) is 0 Å². The highest BCUT2D eigenvalue weighted by molar-refractivity contribution is 7.92. The van der Waals surface area contributed by atoms with Gasteiger partial charge in [-0.15, -0.1) is 0 Å². The number of halogens is 1. The van der Waals surface area contributed by atoms with Crippen LogP contribution in [-0.2, 0) is 15.6 Å². The summed E-state index contributed by atoms with van der Waals surface area (Å²) in [7, 11) is -3.73. The van der Waals surface area contributed by atoms with Crippen LogP contribution in [0, 0.1) is 0 Å². The smallest absolute Gasteiger partial charge is 0.261 e. The van der Waals surface area contributed by atoms with Crippen molar-refractivity contribution in [3.8, 4) is 11.5 Å². The quantitative estimate of drug-likeness (QED) is 0.560. The van der Waals surface area contributed by atoms with Crippen LogP contribution in [0.4, 0.5) is 5.69 Å². The van der Waals surface area contributed by atoms with Crippen molar-refractivity contribution in [2.24, 2.45) is 5.73 Å². The molecule has 29 heavy (non-hydrogen) atoms. The van der Waals surface area contributed by atoms with E-state index in [0.717, 1.165) is 24.8 Å². The molecule has 1 fully saturated rings. The van der Waals surface area contributed by atoms with Crippen LogP contribution in [0.5, 0.6) is 11.5 Å². The molecular weight excluding hydrogens is 408 g/mol. The number of benzene rings is 3. The van der Waals surface area contributed by atoms with Gasteiger partial charge < -0.3 is 10.5 Å². The molecule has 0 spiro atoms. The van der Waals surface area contributed by atoms with Crippen molar-refractivity contribution in [2.45, 2.75) is 29.7 Å². The van der Waals surface area contributed by atoms with Gasteiger partial charge in [-0.3, -0.25) is 4.72 Å². The number of para-hydroxylation sites is 1. The maximum Gasteiger partial charge on any atom is 0.261 e. The van der Waals surface area contributed by atoms with E-state index in [1.165, 1.54) is 12.1 Å². The van der Waals surface area contributed by atoms with Crippen molar-refractivity contribution < 1.29 is 13.2 Å². The average Bonchev–Trinajstić information content (AvgIpc) is 2.68. The Morgan fingerprint density at radius 2 is 1.69 bits per heavy atom. The molecule has 0 aromatic heterocycles. The average molecular weight is 429 g/mol. The Hall–Kier alpha value is -2.54. The zero-order chi connectivity index (χ0) is 20.5. The van der Waals surface area contributed by atoms with Gasteiger partial charge in [-0.2, -0.15) is 0 Å². The van der Waals surface area contributed by atoms with Gasteiger partial charge in [-0.25, -0.2) is 8.42 Å². The molecule has 4 rings (SSSR count). The molecule has 0 atom stereocenters. The fourth-order valence-electron chi connectivity index (χ4n) is 3.29. The first-order chi connectivity index (χ1) is 13.9. The van der Waals surface area contributed by atoms with Crippen LogP contribution in [0.25, 0.3) is 0 Å². The maximum atomic E-state index is 12.8. The molecule has 3 aromatic rings. The summed E-state index contributed by atoms with van der Waals surface area (Å²) in [6, 6.07) is 20.6. The van der Waals surface area contributed by atoms with E-state index in [9.17, 15) is 8.42 Å². The molecule has 0 aliphatic heterocycles. The number of hydrogen-bond donors (Lipinski definition) is 2. The summed E-state index contributed by atoms with van der Waals surface area (Å²) in [5.41, 5.74) is 7.46. The molecule has 1 saturated carbocycles. The molecule has 0 bridgehead atoms. The third-order valence-electron chi connectivity index (χ3n) is 5.13. The number of hydrogen-bond acceptors (Lipinski definition) is 4. The third kappa shape index (κ3) is 4.24. The van der Waals surface area contributed by atoms with Gasteiger partial charge in [0.2, 0.25) is 0 Å². The zero-order valence-electron chi connectivity index (χ0n) is 15.6. The molecule has 0 radical (unpaired) electrons. The molecule has 1 aliphatic rings. The van der Waals surface area contributed by atoms with Crippen LogP contribution in [0.15, 0.2) is 77.7 Å². The highest BCUT2D eigenvalue weighted by Gasteiger charge is 2.34. The molecule has 7 heteroatoms. The van der Waals surface area contributed by atoms with Crippen LogP contribution in [0.1, 0.15) is 24.8 Å². The SMILES string of the molecule is NC1(c2cccc(NS(=O)(=O)c3ccc(Oc4ccccc4Cl)cc3)c2)CCC1. The van der Waals surface area contributed by atoms with Crippen LogP contribution >= 0.6 is 11.6 Å². The number of nitrogens with two attached hydrogens (primary N) is 1. The first-order valence-corrected chi connectivity index (χ1v) is 11.2. The summed E-state index contributed by atoms with van der Waals surface area (Å²) in [6.07, 6.45) is 2.92. The van der Waals surface area contributed by atoms with Gasteiger partial charge >= 0.3 is 0 Å². The number of nitrogens with one attached hydrogen (secondary N) is 1. The maximum absolute atomic E-state index is 12.8. The Morgan fingerprint density at radius 1 is 0.966 bits per heavy atom. The van der Waals surface area contributed by atoms with Crippen molar-refractivity contribution >= 4 is 27.3 Å². The lowest BCUT2D eigenvalue weighted by atomic mass is 9.73. The fourth-order valence-corrected chi connectivity index (χ4v) is 4.52. The Morgan fingerprint density at radius 3 is 2.34 bits per heavy atom. The van der Waals surface area contributed by atoms with Gasteiger partial charge in [0, 0.05) is 11.2 Å². The Bertz CT molecular complexity index is 1130. The number of sulfonamides is 1. The van der Waals surface area contributed by atoms with E-state index in [4.69, 9.17) is 22.1 Å². The second kappa shape index (κ2) is 7.71. The lowest BCUT2D eigenvalue weighted by molar-refractivity contribution is 0.254. The lowest BCUT2D eigenvalue weighted by Crippen LogP contribution is -2.43. The van der Waals surface area contributed by atoms with Gasteiger partial charge in [0.1, 0.15) is 11.5 Å². The van der Waals surface area contributed by atoms with E-state index >= 15 is 0 Å². The summed E-state index contributed by atoms with van der Waals surface area (Å²) >= 11 is 6.09. The number of ether oxygens (including phenoxy) is 1. The predicted molar refractivity (Wildman–Crippen MR) is 115 cm³/mol. The molecule has 3 aromatic carbocycles. The predicted octanol–water partition coefficient (Wildman–Crippen LogP) is 5.27. The van der Waals surface area contributed by atoms with Crippen molar-refractivity contribution in [1.82, 2.24) is 0 Å². The molecule has 0 amide bonds. The summed E-state index contributed by atoms with van der Waals surface area (Å²) in [5.74, 6) is 1.00. The second-order valence-electron chi connectivity index (χ2n) is 7.20. The van der Waals surface area contributed by atoms with E-state index in [0.29, 0.717) is 22.2 Å². The van der Waals surface area contributed by atoms with Gasteiger partial charge in [0.25, 0.3) is 10.0 Å². The third-order valence-corrected chi connectivity index (χ3v) is 6.84. The topological polar surface area (TPSA) is 81.4 Å². The minimum Gasteiger partial charge on any atom is -0.456 e. The summed E-state index contributed by atoms with van der Waals surface area (Å²) in [5, 5.41) is 0.481. The number of rotatable bonds is 6. The molecule has 0 saturated heterocycles. The van der Waals surface area contributed by atoms with Crippen LogP contribution in [-0.4, -0.2) is 8.42 Å². The highest BCUT2D eigenvalue weighted by Crippen LogP contribution is 2.39. The summed E-state index contributed by atoms with van der Waals surface area (Å²) in [6.45, 7) is 0. The standard InChI is InChI=1S/C22H21ClN2O3S/c23-20-7-1-2-8-21(20)28-18-9-11-19(12-10-18)29(26,27)25-17-6-3-5-16(15-17)22(24)13-4-14-22/h1-3,5-12,15,25H,4,13-14,24H2. The molecular formula is C22H21ClN2O3S. The van der Waals surface area contributed by atoms with Crippen LogP contribution < -0.4 is 15.2 Å². The second-order valence-corrected chi connectivity index (χ2v) is 9.29.